The Hall–Kier alpha value is -3.80. The summed E-state index contributed by atoms with van der Waals surface area (Å²) >= 11 is 0. The Bertz CT molecular complexity index is 1280. The van der Waals surface area contributed by atoms with Crippen molar-refractivity contribution >= 4 is 23.3 Å². The zero-order valence-electron chi connectivity index (χ0n) is 22.0. The van der Waals surface area contributed by atoms with Gasteiger partial charge in [-0.1, -0.05) is 30.3 Å². The normalized spacial score (nSPS) is 12.5. The molecule has 6 heteroatoms. The number of nitrogens with zero attached hydrogens (tertiary/aromatic N) is 1. The van der Waals surface area contributed by atoms with E-state index < -0.39 is 5.97 Å². The van der Waals surface area contributed by atoms with Gasteiger partial charge in [-0.3, -0.25) is 9.59 Å². The number of carboxylic acids is 1. The Balaban J connectivity index is 1.47. The first-order valence-corrected chi connectivity index (χ1v) is 13.0. The highest BCUT2D eigenvalue weighted by molar-refractivity contribution is 6.06. The van der Waals surface area contributed by atoms with Crippen molar-refractivity contribution in [2.45, 2.75) is 58.9 Å². The van der Waals surface area contributed by atoms with Crippen LogP contribution in [0.25, 0.3) is 0 Å². The van der Waals surface area contributed by atoms with Gasteiger partial charge < -0.3 is 20.1 Å². The summed E-state index contributed by atoms with van der Waals surface area (Å²) in [6, 6.07) is 17.8. The van der Waals surface area contributed by atoms with E-state index >= 15 is 0 Å². The Morgan fingerprint density at radius 1 is 0.973 bits per heavy atom. The first-order chi connectivity index (χ1) is 17.8. The molecule has 0 fully saturated rings. The molecule has 3 aromatic carbocycles. The van der Waals surface area contributed by atoms with Gasteiger partial charge in [0.15, 0.2) is 0 Å². The maximum Gasteiger partial charge on any atom is 0.303 e. The van der Waals surface area contributed by atoms with Crippen molar-refractivity contribution in [1.29, 1.82) is 0 Å². The average molecular weight is 501 g/mol. The van der Waals surface area contributed by atoms with Crippen LogP contribution < -0.4 is 15.0 Å². The van der Waals surface area contributed by atoms with Gasteiger partial charge in [-0.2, -0.15) is 0 Å². The molecule has 0 bridgehead atoms. The molecule has 0 spiro atoms. The van der Waals surface area contributed by atoms with Crippen LogP contribution in [0.4, 0.5) is 11.4 Å². The number of carboxylic acid groups (broad SMARTS) is 1. The van der Waals surface area contributed by atoms with E-state index in [0.29, 0.717) is 23.4 Å². The van der Waals surface area contributed by atoms with Gasteiger partial charge in [0, 0.05) is 31.3 Å². The van der Waals surface area contributed by atoms with E-state index in [0.717, 1.165) is 30.5 Å². The molecular weight excluding hydrogens is 464 g/mol. The first-order valence-electron chi connectivity index (χ1n) is 13.0. The minimum Gasteiger partial charge on any atom is -0.491 e. The summed E-state index contributed by atoms with van der Waals surface area (Å²) in [4.78, 5) is 26.3. The van der Waals surface area contributed by atoms with Crippen LogP contribution in [0.5, 0.6) is 5.75 Å². The van der Waals surface area contributed by atoms with E-state index in [2.05, 4.69) is 48.5 Å². The van der Waals surface area contributed by atoms with E-state index in [1.54, 1.807) is 12.1 Å². The number of rotatable bonds is 10. The maximum atomic E-state index is 13.2. The highest BCUT2D eigenvalue weighted by Crippen LogP contribution is 2.32. The van der Waals surface area contributed by atoms with Gasteiger partial charge in [0.1, 0.15) is 5.75 Å². The molecule has 1 aliphatic carbocycles. The number of hydrogen-bond donors (Lipinski definition) is 2. The van der Waals surface area contributed by atoms with Crippen LogP contribution in [0, 0.1) is 13.8 Å². The molecule has 0 unspecified atom stereocenters. The zero-order chi connectivity index (χ0) is 26.4. The van der Waals surface area contributed by atoms with Gasteiger partial charge >= 0.3 is 5.97 Å². The quantitative estimate of drug-likeness (QED) is 0.319. The predicted molar refractivity (Wildman–Crippen MR) is 148 cm³/mol. The van der Waals surface area contributed by atoms with Gasteiger partial charge in [-0.15, -0.1) is 0 Å². The number of fused-ring (bicyclic) bond motifs is 1. The number of ether oxygens (including phenoxy) is 1. The van der Waals surface area contributed by atoms with Crippen LogP contribution >= 0.6 is 0 Å². The third-order valence-corrected chi connectivity index (χ3v) is 7.26. The molecule has 6 nitrogen and oxygen atoms in total. The number of carbonyl (C=O) groups excluding carboxylic acids is 1. The molecule has 1 amide bonds. The standard InChI is InChI=1S/C31H36N2O4/c1-21-22(2)25(31(36)32-27-13-6-7-15-29(27)37-19-9-16-30(34)35)18-17-24(21)20-33(3)28-14-8-11-23-10-4-5-12-26(23)28/h6-8,11,13-15,17-18H,4-5,9-10,12,16,19-20H2,1-3H3,(H,32,36)(H,34,35). The number of aryl methyl sites for hydroxylation is 1. The number of hydrogen-bond acceptors (Lipinski definition) is 4. The first kappa shape index (κ1) is 26.3. The van der Waals surface area contributed by atoms with Crippen molar-refractivity contribution in [3.8, 4) is 5.75 Å². The van der Waals surface area contributed by atoms with E-state index in [-0.39, 0.29) is 18.9 Å². The molecule has 0 saturated carbocycles. The second-order valence-electron chi connectivity index (χ2n) is 9.80. The molecule has 1 aliphatic rings. The number of para-hydroxylation sites is 2. The molecule has 3 aromatic rings. The Morgan fingerprint density at radius 3 is 2.57 bits per heavy atom. The van der Waals surface area contributed by atoms with Crippen LogP contribution in [0.2, 0.25) is 0 Å². The van der Waals surface area contributed by atoms with Crippen molar-refractivity contribution in [2.24, 2.45) is 0 Å². The van der Waals surface area contributed by atoms with Crippen LogP contribution in [-0.4, -0.2) is 30.6 Å². The number of carbonyl (C=O) groups is 2. The van der Waals surface area contributed by atoms with Crippen LogP contribution in [0.1, 0.15) is 63.9 Å². The summed E-state index contributed by atoms with van der Waals surface area (Å²) in [5.74, 6) is -0.520. The minimum atomic E-state index is -0.853. The van der Waals surface area contributed by atoms with E-state index in [1.165, 1.54) is 35.2 Å². The van der Waals surface area contributed by atoms with Crippen molar-refractivity contribution in [2.75, 3.05) is 23.9 Å². The third-order valence-electron chi connectivity index (χ3n) is 7.26. The highest BCUT2D eigenvalue weighted by Gasteiger charge is 2.18. The van der Waals surface area contributed by atoms with E-state index in [1.807, 2.05) is 25.1 Å². The molecule has 0 aliphatic heterocycles. The largest absolute Gasteiger partial charge is 0.491 e. The van der Waals surface area contributed by atoms with Crippen molar-refractivity contribution in [1.82, 2.24) is 0 Å². The third kappa shape index (κ3) is 6.31. The second kappa shape index (κ2) is 12.0. The van der Waals surface area contributed by atoms with Crippen LogP contribution in [0.3, 0.4) is 0 Å². The number of anilines is 2. The lowest BCUT2D eigenvalue weighted by Gasteiger charge is -2.27. The fourth-order valence-electron chi connectivity index (χ4n) is 5.04. The summed E-state index contributed by atoms with van der Waals surface area (Å²) in [6.45, 7) is 5.11. The summed E-state index contributed by atoms with van der Waals surface area (Å²) in [5, 5.41) is 11.8. The molecule has 0 radical (unpaired) electrons. The lowest BCUT2D eigenvalue weighted by molar-refractivity contribution is -0.137. The fraction of sp³-hybridized carbons (Fsp3) is 0.355. The van der Waals surface area contributed by atoms with Crippen molar-refractivity contribution in [3.63, 3.8) is 0 Å². The molecule has 194 valence electrons. The number of amides is 1. The van der Waals surface area contributed by atoms with Crippen LogP contribution in [-0.2, 0) is 24.2 Å². The predicted octanol–water partition coefficient (Wildman–Crippen LogP) is 6.31. The lowest BCUT2D eigenvalue weighted by Crippen LogP contribution is -2.21. The molecule has 0 heterocycles. The molecule has 37 heavy (non-hydrogen) atoms. The molecule has 0 atom stereocenters. The van der Waals surface area contributed by atoms with Crippen molar-refractivity contribution < 1.29 is 19.4 Å². The lowest BCUT2D eigenvalue weighted by atomic mass is 9.90. The number of aliphatic carboxylic acids is 1. The molecule has 4 rings (SSSR count). The summed E-state index contributed by atoms with van der Waals surface area (Å²) in [7, 11) is 2.15. The molecule has 0 aromatic heterocycles. The van der Waals surface area contributed by atoms with Crippen LogP contribution in [0.15, 0.2) is 54.6 Å². The summed E-state index contributed by atoms with van der Waals surface area (Å²) < 4.78 is 5.74. The maximum absolute atomic E-state index is 13.2. The average Bonchev–Trinajstić information content (AvgIpc) is 2.89. The SMILES string of the molecule is Cc1c(CN(C)c2cccc3c2CCCC3)ccc(C(=O)Nc2ccccc2OCCCC(=O)O)c1C. The summed E-state index contributed by atoms with van der Waals surface area (Å²) in [6.07, 6.45) is 5.26. The zero-order valence-corrected chi connectivity index (χ0v) is 22.0. The van der Waals surface area contributed by atoms with E-state index in [9.17, 15) is 9.59 Å². The Labute approximate surface area is 219 Å². The number of benzene rings is 3. The fourth-order valence-corrected chi connectivity index (χ4v) is 5.04. The second-order valence-corrected chi connectivity index (χ2v) is 9.80. The molecular formula is C31H36N2O4. The molecule has 2 N–H and O–H groups in total. The van der Waals surface area contributed by atoms with Gasteiger partial charge in [-0.25, -0.2) is 0 Å². The number of nitrogens with one attached hydrogen (secondary N) is 1. The Morgan fingerprint density at radius 2 is 1.76 bits per heavy atom. The van der Waals surface area contributed by atoms with E-state index in [4.69, 9.17) is 9.84 Å². The van der Waals surface area contributed by atoms with Gasteiger partial charge in [-0.05, 0) is 98.0 Å². The van der Waals surface area contributed by atoms with Gasteiger partial charge in [0.25, 0.3) is 5.91 Å². The van der Waals surface area contributed by atoms with Gasteiger partial charge in [0.2, 0.25) is 0 Å². The topological polar surface area (TPSA) is 78.9 Å². The van der Waals surface area contributed by atoms with Crippen molar-refractivity contribution in [3.05, 3.63) is 88.0 Å². The smallest absolute Gasteiger partial charge is 0.303 e. The monoisotopic (exact) mass is 500 g/mol. The highest BCUT2D eigenvalue weighted by atomic mass is 16.5. The minimum absolute atomic E-state index is 0.0429. The Kier molecular flexibility index (Phi) is 8.49. The molecule has 0 saturated heterocycles. The summed E-state index contributed by atoms with van der Waals surface area (Å²) in [5.41, 5.74) is 8.72. The van der Waals surface area contributed by atoms with Gasteiger partial charge in [0.05, 0.1) is 12.3 Å².